The first kappa shape index (κ1) is 15.9. The molecule has 126 valence electrons. The van der Waals surface area contributed by atoms with Crippen molar-refractivity contribution in [2.24, 2.45) is 5.16 Å². The van der Waals surface area contributed by atoms with E-state index in [-0.39, 0.29) is 11.7 Å². The van der Waals surface area contributed by atoms with Crippen molar-refractivity contribution in [3.05, 3.63) is 81.1 Å². The second kappa shape index (κ2) is 6.37. The van der Waals surface area contributed by atoms with E-state index in [1.54, 1.807) is 10.6 Å². The van der Waals surface area contributed by atoms with Crippen molar-refractivity contribution in [2.75, 3.05) is 0 Å². The number of para-hydroxylation sites is 1. The van der Waals surface area contributed by atoms with Crippen molar-refractivity contribution in [1.82, 2.24) is 4.57 Å². The summed E-state index contributed by atoms with van der Waals surface area (Å²) < 4.78 is 1.76. The van der Waals surface area contributed by atoms with Crippen molar-refractivity contribution >= 4 is 28.2 Å². The maximum atomic E-state index is 12.5. The summed E-state index contributed by atoms with van der Waals surface area (Å²) >= 11 is 6.24. The average molecular weight is 353 g/mol. The normalized spacial score (nSPS) is 16.7. The van der Waals surface area contributed by atoms with Gasteiger partial charge in [-0.3, -0.25) is 4.79 Å². The molecule has 0 saturated heterocycles. The van der Waals surface area contributed by atoms with Crippen LogP contribution in [0.2, 0.25) is 5.02 Å². The Bertz CT molecular complexity index is 1040. The molecule has 0 N–H and O–H groups in total. The number of aromatic nitrogens is 1. The highest BCUT2D eigenvalue weighted by Gasteiger charge is 2.24. The molecular formula is C20H17ClN2O2. The van der Waals surface area contributed by atoms with E-state index in [0.717, 1.165) is 27.7 Å². The second-order valence-corrected chi connectivity index (χ2v) is 6.65. The van der Waals surface area contributed by atoms with Gasteiger partial charge in [0.05, 0.1) is 17.8 Å². The van der Waals surface area contributed by atoms with Crippen molar-refractivity contribution < 1.29 is 4.84 Å². The van der Waals surface area contributed by atoms with Crippen LogP contribution in [0.1, 0.15) is 17.5 Å². The first-order valence-electron chi connectivity index (χ1n) is 8.20. The lowest BCUT2D eigenvalue weighted by Crippen LogP contribution is -2.27. The van der Waals surface area contributed by atoms with Crippen LogP contribution in [0.25, 0.3) is 10.9 Å². The number of pyridine rings is 1. The minimum atomic E-state index is -0.185. The van der Waals surface area contributed by atoms with Crippen LogP contribution < -0.4 is 5.56 Å². The minimum absolute atomic E-state index is 0.0222. The summed E-state index contributed by atoms with van der Waals surface area (Å²) in [6.07, 6.45) is 0.438. The van der Waals surface area contributed by atoms with Crippen LogP contribution in [0.4, 0.5) is 0 Å². The van der Waals surface area contributed by atoms with Gasteiger partial charge in [-0.15, -0.1) is 0 Å². The van der Waals surface area contributed by atoms with Gasteiger partial charge >= 0.3 is 0 Å². The van der Waals surface area contributed by atoms with Crippen molar-refractivity contribution in [2.45, 2.75) is 26.0 Å². The maximum absolute atomic E-state index is 12.5. The van der Waals surface area contributed by atoms with E-state index in [1.165, 1.54) is 0 Å². The fourth-order valence-electron chi connectivity index (χ4n) is 3.27. The Labute approximate surface area is 150 Å². The summed E-state index contributed by atoms with van der Waals surface area (Å²) in [6, 6.07) is 17.2. The molecule has 1 aliphatic rings. The van der Waals surface area contributed by atoms with Crippen molar-refractivity contribution in [3.8, 4) is 0 Å². The van der Waals surface area contributed by atoms with Gasteiger partial charge in [0.1, 0.15) is 0 Å². The summed E-state index contributed by atoms with van der Waals surface area (Å²) in [5, 5.41) is 5.92. The van der Waals surface area contributed by atoms with E-state index >= 15 is 0 Å². The zero-order valence-corrected chi connectivity index (χ0v) is 14.5. The molecule has 0 radical (unpaired) electrons. The Balaban J connectivity index is 1.62. The molecule has 1 aliphatic heterocycles. The van der Waals surface area contributed by atoms with Gasteiger partial charge in [0.25, 0.3) is 5.56 Å². The summed E-state index contributed by atoms with van der Waals surface area (Å²) in [7, 11) is 0. The van der Waals surface area contributed by atoms with E-state index in [1.807, 2.05) is 55.5 Å². The molecule has 0 amide bonds. The Morgan fingerprint density at radius 2 is 1.96 bits per heavy atom. The van der Waals surface area contributed by atoms with Crippen LogP contribution >= 0.6 is 11.6 Å². The van der Waals surface area contributed by atoms with Crippen LogP contribution in [-0.4, -0.2) is 16.4 Å². The van der Waals surface area contributed by atoms with E-state index < -0.39 is 0 Å². The predicted molar refractivity (Wildman–Crippen MR) is 100 cm³/mol. The Morgan fingerprint density at radius 3 is 2.80 bits per heavy atom. The first-order valence-corrected chi connectivity index (χ1v) is 8.58. The number of hydrogen-bond acceptors (Lipinski definition) is 3. The highest BCUT2D eigenvalue weighted by Crippen LogP contribution is 2.24. The number of hydrogen-bond donors (Lipinski definition) is 0. The van der Waals surface area contributed by atoms with Gasteiger partial charge in [-0.2, -0.15) is 0 Å². The van der Waals surface area contributed by atoms with Gasteiger partial charge < -0.3 is 9.40 Å². The SMILES string of the molecule is Cc1cc(=O)n(C[C@H]2CC(c3ccccc3Cl)=NO2)c2ccccc12. The van der Waals surface area contributed by atoms with Crippen LogP contribution in [0.3, 0.4) is 0 Å². The number of nitrogens with zero attached hydrogens (tertiary/aromatic N) is 2. The van der Waals surface area contributed by atoms with Crippen LogP contribution in [0.5, 0.6) is 0 Å². The predicted octanol–water partition coefficient (Wildman–Crippen LogP) is 4.16. The second-order valence-electron chi connectivity index (χ2n) is 6.24. The molecule has 3 aromatic rings. The highest BCUT2D eigenvalue weighted by molar-refractivity contribution is 6.34. The zero-order chi connectivity index (χ0) is 17.4. The molecule has 5 heteroatoms. The molecule has 0 saturated carbocycles. The molecular weight excluding hydrogens is 336 g/mol. The first-order chi connectivity index (χ1) is 12.1. The quantitative estimate of drug-likeness (QED) is 0.710. The molecule has 1 aromatic heterocycles. The molecule has 4 nitrogen and oxygen atoms in total. The summed E-state index contributed by atoms with van der Waals surface area (Å²) in [4.78, 5) is 18.1. The molecule has 0 bridgehead atoms. The lowest BCUT2D eigenvalue weighted by Gasteiger charge is -2.15. The molecule has 0 aliphatic carbocycles. The third-order valence-corrected chi connectivity index (χ3v) is 4.86. The lowest BCUT2D eigenvalue weighted by atomic mass is 10.0. The number of fused-ring (bicyclic) bond motifs is 1. The Morgan fingerprint density at radius 1 is 1.20 bits per heavy atom. The number of halogens is 1. The molecule has 1 atom stereocenters. The molecule has 0 spiro atoms. The zero-order valence-electron chi connectivity index (χ0n) is 13.8. The summed E-state index contributed by atoms with van der Waals surface area (Å²) in [5.74, 6) is 0. The monoisotopic (exact) mass is 352 g/mol. The molecule has 25 heavy (non-hydrogen) atoms. The number of oxime groups is 1. The number of aryl methyl sites for hydroxylation is 1. The molecule has 0 unspecified atom stereocenters. The standard InChI is InChI=1S/C20H17ClN2O2/c1-13-10-20(24)23(19-9-5-3-6-15(13)19)12-14-11-18(22-25-14)16-7-2-4-8-17(16)21/h2-10,14H,11-12H2,1H3/t14-/m1/s1. The van der Waals surface area contributed by atoms with Crippen molar-refractivity contribution in [1.29, 1.82) is 0 Å². The van der Waals surface area contributed by atoms with E-state index in [9.17, 15) is 4.79 Å². The van der Waals surface area contributed by atoms with Gasteiger partial charge in [0.2, 0.25) is 0 Å². The fraction of sp³-hybridized carbons (Fsp3) is 0.200. The minimum Gasteiger partial charge on any atom is -0.390 e. The van der Waals surface area contributed by atoms with Gasteiger partial charge in [-0.25, -0.2) is 0 Å². The fourth-order valence-corrected chi connectivity index (χ4v) is 3.52. The number of benzene rings is 2. The molecule has 2 heterocycles. The Hall–Kier alpha value is -2.59. The van der Waals surface area contributed by atoms with Gasteiger partial charge in [0.15, 0.2) is 6.10 Å². The summed E-state index contributed by atoms with van der Waals surface area (Å²) in [6.45, 7) is 2.41. The topological polar surface area (TPSA) is 43.6 Å². The van der Waals surface area contributed by atoms with E-state index in [2.05, 4.69) is 5.16 Å². The summed E-state index contributed by atoms with van der Waals surface area (Å²) in [5.41, 5.74) is 3.58. The molecule has 4 rings (SSSR count). The third kappa shape index (κ3) is 2.94. The average Bonchev–Trinajstić information content (AvgIpc) is 3.07. The largest absolute Gasteiger partial charge is 0.390 e. The van der Waals surface area contributed by atoms with Crippen molar-refractivity contribution in [3.63, 3.8) is 0 Å². The maximum Gasteiger partial charge on any atom is 0.251 e. The van der Waals surface area contributed by atoms with E-state index in [0.29, 0.717) is 18.0 Å². The smallest absolute Gasteiger partial charge is 0.251 e. The third-order valence-electron chi connectivity index (χ3n) is 4.53. The highest BCUT2D eigenvalue weighted by atomic mass is 35.5. The van der Waals surface area contributed by atoms with Crippen LogP contribution in [0.15, 0.2) is 64.5 Å². The lowest BCUT2D eigenvalue weighted by molar-refractivity contribution is 0.0727. The van der Waals surface area contributed by atoms with Crippen LogP contribution in [0, 0.1) is 6.92 Å². The van der Waals surface area contributed by atoms with E-state index in [4.69, 9.17) is 16.4 Å². The Kier molecular flexibility index (Phi) is 4.06. The molecule has 0 fully saturated rings. The van der Waals surface area contributed by atoms with Gasteiger partial charge in [-0.05, 0) is 24.6 Å². The van der Waals surface area contributed by atoms with Crippen LogP contribution in [-0.2, 0) is 11.4 Å². The van der Waals surface area contributed by atoms with Gasteiger partial charge in [-0.1, -0.05) is 53.2 Å². The molecule has 2 aromatic carbocycles. The van der Waals surface area contributed by atoms with Gasteiger partial charge in [0, 0.05) is 28.5 Å². The number of rotatable bonds is 3.